The third-order valence-electron chi connectivity index (χ3n) is 2.08. The third-order valence-corrected chi connectivity index (χ3v) is 2.78. The SMILES string of the molecule is CSCCCN(C)c1ccncc1N. The van der Waals surface area contributed by atoms with E-state index in [1.807, 2.05) is 17.8 Å². The van der Waals surface area contributed by atoms with Crippen molar-refractivity contribution in [1.82, 2.24) is 4.98 Å². The molecule has 2 N–H and O–H groups in total. The summed E-state index contributed by atoms with van der Waals surface area (Å²) in [6.45, 7) is 1.04. The Morgan fingerprint density at radius 3 is 3.00 bits per heavy atom. The first kappa shape index (κ1) is 11.2. The van der Waals surface area contributed by atoms with Crippen LogP contribution in [0.3, 0.4) is 0 Å². The molecule has 1 aromatic rings. The van der Waals surface area contributed by atoms with Gasteiger partial charge in [-0.25, -0.2) is 0 Å². The second kappa shape index (κ2) is 5.75. The smallest absolute Gasteiger partial charge is 0.0738 e. The van der Waals surface area contributed by atoms with Crippen molar-refractivity contribution in [2.24, 2.45) is 0 Å². The van der Waals surface area contributed by atoms with Gasteiger partial charge < -0.3 is 10.6 Å². The zero-order chi connectivity index (χ0) is 10.4. The van der Waals surface area contributed by atoms with Crippen molar-refractivity contribution < 1.29 is 0 Å². The van der Waals surface area contributed by atoms with Crippen LogP contribution in [-0.2, 0) is 0 Å². The first-order valence-corrected chi connectivity index (χ1v) is 6.04. The van der Waals surface area contributed by atoms with Crippen LogP contribution in [0.5, 0.6) is 0 Å². The number of hydrogen-bond acceptors (Lipinski definition) is 4. The molecule has 1 rings (SSSR count). The van der Waals surface area contributed by atoms with Crippen molar-refractivity contribution in [3.63, 3.8) is 0 Å². The van der Waals surface area contributed by atoms with E-state index >= 15 is 0 Å². The van der Waals surface area contributed by atoms with Crippen molar-refractivity contribution in [1.29, 1.82) is 0 Å². The quantitative estimate of drug-likeness (QED) is 0.755. The topological polar surface area (TPSA) is 42.2 Å². The van der Waals surface area contributed by atoms with Crippen LogP contribution in [0, 0.1) is 0 Å². The lowest BCUT2D eigenvalue weighted by molar-refractivity contribution is 0.860. The van der Waals surface area contributed by atoms with E-state index < -0.39 is 0 Å². The van der Waals surface area contributed by atoms with Gasteiger partial charge in [0.2, 0.25) is 0 Å². The number of anilines is 2. The van der Waals surface area contributed by atoms with Crippen LogP contribution in [0.2, 0.25) is 0 Å². The summed E-state index contributed by atoms with van der Waals surface area (Å²) >= 11 is 1.87. The minimum absolute atomic E-state index is 0.749. The maximum Gasteiger partial charge on any atom is 0.0738 e. The van der Waals surface area contributed by atoms with Gasteiger partial charge in [-0.3, -0.25) is 4.98 Å². The van der Waals surface area contributed by atoms with E-state index in [0.29, 0.717) is 0 Å². The van der Waals surface area contributed by atoms with Gasteiger partial charge in [0, 0.05) is 19.8 Å². The van der Waals surface area contributed by atoms with Crippen LogP contribution >= 0.6 is 11.8 Å². The summed E-state index contributed by atoms with van der Waals surface area (Å²) in [6.07, 6.45) is 6.78. The molecule has 0 aliphatic carbocycles. The molecule has 4 heteroatoms. The number of rotatable bonds is 5. The summed E-state index contributed by atoms with van der Waals surface area (Å²) in [5.41, 5.74) is 7.64. The van der Waals surface area contributed by atoms with Gasteiger partial charge in [0.25, 0.3) is 0 Å². The predicted molar refractivity (Wildman–Crippen MR) is 64.9 cm³/mol. The van der Waals surface area contributed by atoms with Gasteiger partial charge in [-0.2, -0.15) is 11.8 Å². The summed E-state index contributed by atoms with van der Waals surface area (Å²) < 4.78 is 0. The summed E-state index contributed by atoms with van der Waals surface area (Å²) in [4.78, 5) is 6.14. The van der Waals surface area contributed by atoms with Crippen molar-refractivity contribution in [2.45, 2.75) is 6.42 Å². The second-order valence-electron chi connectivity index (χ2n) is 3.20. The Hall–Kier alpha value is -0.900. The van der Waals surface area contributed by atoms with Gasteiger partial charge in [-0.05, 0) is 24.5 Å². The van der Waals surface area contributed by atoms with Crippen LogP contribution in [0.25, 0.3) is 0 Å². The van der Waals surface area contributed by atoms with Crippen LogP contribution in [0.15, 0.2) is 18.5 Å². The summed E-state index contributed by atoms with van der Waals surface area (Å²) in [5, 5.41) is 0. The van der Waals surface area contributed by atoms with E-state index in [4.69, 9.17) is 5.73 Å². The van der Waals surface area contributed by atoms with E-state index in [1.165, 1.54) is 12.2 Å². The number of nitrogens with zero attached hydrogens (tertiary/aromatic N) is 2. The molecule has 0 unspecified atom stereocenters. The first-order valence-electron chi connectivity index (χ1n) is 4.65. The zero-order valence-electron chi connectivity index (χ0n) is 8.73. The highest BCUT2D eigenvalue weighted by molar-refractivity contribution is 7.98. The van der Waals surface area contributed by atoms with E-state index in [-0.39, 0.29) is 0 Å². The highest BCUT2D eigenvalue weighted by atomic mass is 32.2. The van der Waals surface area contributed by atoms with Crippen molar-refractivity contribution in [2.75, 3.05) is 36.2 Å². The number of pyridine rings is 1. The second-order valence-corrected chi connectivity index (χ2v) is 4.19. The van der Waals surface area contributed by atoms with Crippen LogP contribution in [-0.4, -0.2) is 30.6 Å². The molecule has 0 amide bonds. The maximum atomic E-state index is 5.82. The van der Waals surface area contributed by atoms with E-state index in [1.54, 1.807) is 12.4 Å². The number of aromatic nitrogens is 1. The van der Waals surface area contributed by atoms with Crippen LogP contribution in [0.4, 0.5) is 11.4 Å². The van der Waals surface area contributed by atoms with E-state index in [9.17, 15) is 0 Å². The van der Waals surface area contributed by atoms with Crippen molar-refractivity contribution in [3.8, 4) is 0 Å². The molecule has 0 spiro atoms. The van der Waals surface area contributed by atoms with Gasteiger partial charge in [-0.15, -0.1) is 0 Å². The highest BCUT2D eigenvalue weighted by Gasteiger charge is 2.03. The molecule has 3 nitrogen and oxygen atoms in total. The molecular weight excluding hydrogens is 194 g/mol. The standard InChI is InChI=1S/C10H17N3S/c1-13(6-3-7-14-2)10-4-5-12-8-9(10)11/h4-5,8H,3,6-7,11H2,1-2H3. The van der Waals surface area contributed by atoms with Crippen LogP contribution < -0.4 is 10.6 Å². The van der Waals surface area contributed by atoms with Crippen molar-refractivity contribution >= 4 is 23.1 Å². The molecule has 1 aromatic heterocycles. The lowest BCUT2D eigenvalue weighted by atomic mass is 10.3. The molecule has 0 radical (unpaired) electrons. The summed E-state index contributed by atoms with van der Waals surface area (Å²) in [6, 6.07) is 1.95. The van der Waals surface area contributed by atoms with Gasteiger partial charge in [0.1, 0.15) is 0 Å². The molecule has 0 aromatic carbocycles. The summed E-state index contributed by atoms with van der Waals surface area (Å²) in [5.74, 6) is 1.19. The lowest BCUT2D eigenvalue weighted by Crippen LogP contribution is -2.20. The Kier molecular flexibility index (Phi) is 4.59. The number of thioether (sulfide) groups is 1. The molecule has 0 bridgehead atoms. The molecule has 0 saturated carbocycles. The largest absolute Gasteiger partial charge is 0.396 e. The minimum atomic E-state index is 0.749. The molecule has 1 heterocycles. The fourth-order valence-electron chi connectivity index (χ4n) is 1.31. The minimum Gasteiger partial charge on any atom is -0.396 e. The number of nitrogen functional groups attached to an aromatic ring is 1. The van der Waals surface area contributed by atoms with Gasteiger partial charge in [0.05, 0.1) is 17.6 Å². The average Bonchev–Trinajstić information content (AvgIpc) is 2.18. The Morgan fingerprint density at radius 1 is 1.57 bits per heavy atom. The predicted octanol–water partition coefficient (Wildman–Crippen LogP) is 1.85. The van der Waals surface area contributed by atoms with E-state index in [2.05, 4.69) is 23.2 Å². The average molecular weight is 211 g/mol. The van der Waals surface area contributed by atoms with Gasteiger partial charge in [-0.1, -0.05) is 0 Å². The molecule has 0 aliphatic rings. The number of hydrogen-bond donors (Lipinski definition) is 1. The highest BCUT2D eigenvalue weighted by Crippen LogP contribution is 2.19. The van der Waals surface area contributed by atoms with E-state index in [0.717, 1.165) is 17.9 Å². The van der Waals surface area contributed by atoms with Gasteiger partial charge in [0.15, 0.2) is 0 Å². The van der Waals surface area contributed by atoms with Gasteiger partial charge >= 0.3 is 0 Å². The molecule has 14 heavy (non-hydrogen) atoms. The number of nitrogens with two attached hydrogens (primary N) is 1. The molecular formula is C10H17N3S. The fourth-order valence-corrected chi connectivity index (χ4v) is 1.73. The Morgan fingerprint density at radius 2 is 2.36 bits per heavy atom. The Labute approximate surface area is 89.7 Å². The third kappa shape index (κ3) is 3.10. The molecule has 0 aliphatic heterocycles. The molecule has 0 atom stereocenters. The van der Waals surface area contributed by atoms with Crippen molar-refractivity contribution in [3.05, 3.63) is 18.5 Å². The molecule has 78 valence electrons. The molecule has 0 saturated heterocycles. The normalized spacial score (nSPS) is 10.1. The zero-order valence-corrected chi connectivity index (χ0v) is 9.55. The Balaban J connectivity index is 2.51. The fraction of sp³-hybridized carbons (Fsp3) is 0.500. The molecule has 0 fully saturated rings. The lowest BCUT2D eigenvalue weighted by Gasteiger charge is -2.20. The summed E-state index contributed by atoms with van der Waals surface area (Å²) in [7, 11) is 2.06. The van der Waals surface area contributed by atoms with Crippen LogP contribution in [0.1, 0.15) is 6.42 Å². The maximum absolute atomic E-state index is 5.82. The first-order chi connectivity index (χ1) is 6.75. The monoisotopic (exact) mass is 211 g/mol. The Bertz CT molecular complexity index is 278.